The lowest BCUT2D eigenvalue weighted by atomic mass is 10.1. The second-order valence-electron chi connectivity index (χ2n) is 5.29. The van der Waals surface area contributed by atoms with Crippen molar-refractivity contribution >= 4 is 21.4 Å². The van der Waals surface area contributed by atoms with Gasteiger partial charge in [0.05, 0.1) is 17.0 Å². The fourth-order valence-electron chi connectivity index (χ4n) is 2.56. The van der Waals surface area contributed by atoms with E-state index in [0.717, 1.165) is 18.5 Å². The number of hydrogen-bond acceptors (Lipinski definition) is 5. The van der Waals surface area contributed by atoms with E-state index in [1.165, 1.54) is 0 Å². The van der Waals surface area contributed by atoms with Crippen LogP contribution in [0, 0.1) is 0 Å². The van der Waals surface area contributed by atoms with Crippen molar-refractivity contribution < 1.29 is 8.42 Å². The lowest BCUT2D eigenvalue weighted by Crippen LogP contribution is -2.46. The Morgan fingerprint density at radius 2 is 2.20 bits per heavy atom. The molecule has 1 N–H and O–H groups in total. The van der Waals surface area contributed by atoms with E-state index in [1.807, 2.05) is 12.4 Å². The third-order valence-electron chi connectivity index (χ3n) is 3.69. The molecule has 20 heavy (non-hydrogen) atoms. The van der Waals surface area contributed by atoms with Crippen LogP contribution in [0.5, 0.6) is 0 Å². The van der Waals surface area contributed by atoms with Crippen LogP contribution in [0.1, 0.15) is 44.8 Å². The van der Waals surface area contributed by atoms with E-state index in [9.17, 15) is 8.42 Å². The predicted octanol–water partition coefficient (Wildman–Crippen LogP) is 2.00. The second kappa shape index (κ2) is 6.98. The number of aromatic nitrogens is 1. The number of piperidine rings is 1. The van der Waals surface area contributed by atoms with Gasteiger partial charge in [0.1, 0.15) is 0 Å². The quantitative estimate of drug-likeness (QED) is 0.871. The van der Waals surface area contributed by atoms with Gasteiger partial charge in [0, 0.05) is 30.6 Å². The van der Waals surface area contributed by atoms with E-state index >= 15 is 0 Å². The maximum Gasteiger partial charge on any atom is 0.214 e. The maximum absolute atomic E-state index is 12.0. The third kappa shape index (κ3) is 4.00. The summed E-state index contributed by atoms with van der Waals surface area (Å²) < 4.78 is 25.6. The zero-order valence-corrected chi connectivity index (χ0v) is 13.7. The minimum atomic E-state index is -3.03. The summed E-state index contributed by atoms with van der Waals surface area (Å²) in [6.07, 6.45) is 2.43. The van der Waals surface area contributed by atoms with Crippen LogP contribution in [0.4, 0.5) is 0 Å². The Kier molecular flexibility index (Phi) is 5.54. The van der Waals surface area contributed by atoms with E-state index in [2.05, 4.69) is 22.6 Å². The molecular weight excluding hydrogens is 294 g/mol. The molecule has 1 atom stereocenters. The Morgan fingerprint density at radius 3 is 2.75 bits per heavy atom. The molecule has 0 aromatic carbocycles. The average molecular weight is 317 g/mol. The van der Waals surface area contributed by atoms with Crippen LogP contribution in [-0.4, -0.2) is 42.6 Å². The van der Waals surface area contributed by atoms with Crippen LogP contribution in [0.25, 0.3) is 0 Å². The van der Waals surface area contributed by atoms with Crippen LogP contribution in [0.15, 0.2) is 10.9 Å². The summed E-state index contributed by atoms with van der Waals surface area (Å²) in [5.41, 5.74) is 2.91. The van der Waals surface area contributed by atoms with Crippen LogP contribution in [-0.2, 0) is 10.0 Å². The second-order valence-corrected chi connectivity index (χ2v) is 8.10. The van der Waals surface area contributed by atoms with Gasteiger partial charge in [0.25, 0.3) is 0 Å². The lowest BCUT2D eigenvalue weighted by molar-refractivity contribution is 0.276. The van der Waals surface area contributed by atoms with Gasteiger partial charge >= 0.3 is 0 Å². The number of nitrogens with zero attached hydrogens (tertiary/aromatic N) is 2. The fourth-order valence-corrected chi connectivity index (χ4v) is 4.75. The first-order valence-electron chi connectivity index (χ1n) is 7.15. The van der Waals surface area contributed by atoms with Crippen molar-refractivity contribution in [3.8, 4) is 0 Å². The third-order valence-corrected chi connectivity index (χ3v) is 6.37. The molecule has 2 heterocycles. The summed E-state index contributed by atoms with van der Waals surface area (Å²) in [6, 6.07) is 0.602. The van der Waals surface area contributed by atoms with Crippen LogP contribution < -0.4 is 5.32 Å². The van der Waals surface area contributed by atoms with Crippen molar-refractivity contribution in [2.45, 2.75) is 45.2 Å². The number of thiazole rings is 1. The highest BCUT2D eigenvalue weighted by Gasteiger charge is 2.27. The van der Waals surface area contributed by atoms with E-state index in [4.69, 9.17) is 0 Å². The van der Waals surface area contributed by atoms with Gasteiger partial charge in [-0.25, -0.2) is 17.7 Å². The molecule has 1 aliphatic rings. The van der Waals surface area contributed by atoms with Gasteiger partial charge in [-0.2, -0.15) is 0 Å². The van der Waals surface area contributed by atoms with Crippen molar-refractivity contribution in [3.63, 3.8) is 0 Å². The highest BCUT2D eigenvalue weighted by Crippen LogP contribution is 2.19. The zero-order chi connectivity index (χ0) is 14.6. The molecule has 114 valence electrons. The van der Waals surface area contributed by atoms with Crippen molar-refractivity contribution in [1.82, 2.24) is 14.6 Å². The van der Waals surface area contributed by atoms with Crippen molar-refractivity contribution in [3.05, 3.63) is 16.6 Å². The van der Waals surface area contributed by atoms with Crippen molar-refractivity contribution in [1.29, 1.82) is 0 Å². The summed E-state index contributed by atoms with van der Waals surface area (Å²) >= 11 is 1.60. The minimum Gasteiger partial charge on any atom is -0.306 e. The largest absolute Gasteiger partial charge is 0.306 e. The fraction of sp³-hybridized carbons (Fsp3) is 0.769. The molecule has 1 fully saturated rings. The normalized spacial score (nSPS) is 20.1. The Labute approximate surface area is 125 Å². The van der Waals surface area contributed by atoms with Crippen LogP contribution in [0.2, 0.25) is 0 Å². The number of rotatable bonds is 6. The Balaban J connectivity index is 1.83. The molecule has 1 aliphatic heterocycles. The molecule has 2 rings (SSSR count). The van der Waals surface area contributed by atoms with Gasteiger partial charge in [-0.15, -0.1) is 11.3 Å². The first-order chi connectivity index (χ1) is 9.53. The Bertz CT molecular complexity index is 494. The zero-order valence-electron chi connectivity index (χ0n) is 12.1. The predicted molar refractivity (Wildman–Crippen MR) is 82.3 cm³/mol. The van der Waals surface area contributed by atoms with E-state index in [0.29, 0.717) is 25.6 Å². The molecule has 5 nitrogen and oxygen atoms in total. The van der Waals surface area contributed by atoms with Crippen LogP contribution >= 0.6 is 11.3 Å². The van der Waals surface area contributed by atoms with Crippen molar-refractivity contribution in [2.75, 3.05) is 18.8 Å². The highest BCUT2D eigenvalue weighted by atomic mass is 32.2. The van der Waals surface area contributed by atoms with Crippen molar-refractivity contribution in [2.24, 2.45) is 0 Å². The summed E-state index contributed by atoms with van der Waals surface area (Å²) in [7, 11) is -3.03. The molecule has 0 bridgehead atoms. The summed E-state index contributed by atoms with van der Waals surface area (Å²) in [5.74, 6) is 0.264. The Hall–Kier alpha value is -0.500. The molecule has 1 saturated heterocycles. The molecular formula is C13H23N3O2S2. The number of nitrogens with one attached hydrogen (secondary N) is 1. The summed E-state index contributed by atoms with van der Waals surface area (Å²) in [4.78, 5) is 4.31. The van der Waals surface area contributed by atoms with Gasteiger partial charge in [-0.3, -0.25) is 0 Å². The molecule has 0 radical (unpaired) electrons. The summed E-state index contributed by atoms with van der Waals surface area (Å²) in [6.45, 7) is 5.27. The van der Waals surface area contributed by atoms with Gasteiger partial charge in [-0.05, 0) is 26.2 Å². The van der Waals surface area contributed by atoms with E-state index < -0.39 is 10.0 Å². The lowest BCUT2D eigenvalue weighted by Gasteiger charge is -2.33. The maximum atomic E-state index is 12.0. The molecule has 0 spiro atoms. The van der Waals surface area contributed by atoms with Crippen LogP contribution in [0.3, 0.4) is 0 Å². The highest BCUT2D eigenvalue weighted by molar-refractivity contribution is 7.89. The first-order valence-corrected chi connectivity index (χ1v) is 9.70. The molecule has 1 aromatic rings. The van der Waals surface area contributed by atoms with E-state index in [1.54, 1.807) is 15.6 Å². The number of hydrogen-bond donors (Lipinski definition) is 1. The smallest absolute Gasteiger partial charge is 0.214 e. The molecule has 0 saturated carbocycles. The van der Waals surface area contributed by atoms with Gasteiger partial charge in [0.2, 0.25) is 10.0 Å². The minimum absolute atomic E-state index is 0.227. The Morgan fingerprint density at radius 1 is 1.50 bits per heavy atom. The monoisotopic (exact) mass is 317 g/mol. The van der Waals surface area contributed by atoms with Gasteiger partial charge in [-0.1, -0.05) is 6.92 Å². The van der Waals surface area contributed by atoms with Gasteiger partial charge < -0.3 is 5.32 Å². The molecule has 1 aromatic heterocycles. The SMILES string of the molecule is CCCS(=O)(=O)N1CCC(NC(C)c2cscn2)CC1. The molecule has 0 amide bonds. The number of sulfonamides is 1. The standard InChI is InChI=1S/C13H23N3O2S2/c1-3-8-20(17,18)16-6-4-12(5-7-16)15-11(2)13-9-19-10-14-13/h9-12,15H,3-8H2,1-2H3. The van der Waals surface area contributed by atoms with E-state index in [-0.39, 0.29) is 11.8 Å². The van der Waals surface area contributed by atoms with Gasteiger partial charge in [0.15, 0.2) is 0 Å². The molecule has 1 unspecified atom stereocenters. The summed E-state index contributed by atoms with van der Waals surface area (Å²) in [5, 5.41) is 5.60. The molecule has 0 aliphatic carbocycles. The average Bonchev–Trinajstić information content (AvgIpc) is 2.93. The molecule has 7 heteroatoms. The topological polar surface area (TPSA) is 62.3 Å². The first kappa shape index (κ1) is 15.9.